The Bertz CT molecular complexity index is 9270. The summed E-state index contributed by atoms with van der Waals surface area (Å²) in [7, 11) is 0. The zero-order chi connectivity index (χ0) is 107. The molecule has 0 fully saturated rings. The standard InChI is InChI=1S/C134H103BN4/c1-130(2,3)96-75-90(76-97(81-96)131(4,5)6)91-79-125-127-126(80-91)139(129-109(86-41-16-10-17-42-86)82-98(132(7,8)9)83-110(129)87-43-18-11-19-44-87)124-85-100(137-121-65-38-32-57-107(121)108-58-33-39-66-122(108)137)70-74-118(124)135(127)117-73-69-99(136-119-63-36-30-55-105(119)106-56-31-37-64-120(106)136)84-123(117)138(125)128-101(88-67-71-115-111(77-88)103-53-28-34-61-113(103)133(115,92-45-20-12-21-46-92)93-47-22-13-23-48-93)59-40-60-102(128)89-68-72-116-112(78-89)104-54-29-35-62-114(104)134(116,94-49-24-14-25-50-94)95-51-26-15-27-52-95/h10-85H,1-9H3/i30D,31D,32D,33D,36D,37D,38D,39D,55D,56D,57D,58D,63D,64D,65D,66D. The second-order valence-electron chi connectivity index (χ2n) is 40.6. The molecule has 0 N–H and O–H groups in total. The van der Waals surface area contributed by atoms with Crippen molar-refractivity contribution in [2.75, 3.05) is 9.80 Å². The summed E-state index contributed by atoms with van der Waals surface area (Å²) in [6.07, 6.45) is 0. The summed E-state index contributed by atoms with van der Waals surface area (Å²) in [5.41, 5.74) is 27.8. The van der Waals surface area contributed by atoms with Gasteiger partial charge in [0.05, 0.1) is 66.2 Å². The van der Waals surface area contributed by atoms with Crippen LogP contribution in [-0.2, 0) is 27.1 Å². The monoisotopic (exact) mass is 1790 g/mol. The molecule has 22 aromatic rings. The van der Waals surface area contributed by atoms with E-state index in [0.29, 0.717) is 45.0 Å². The van der Waals surface area contributed by atoms with Gasteiger partial charge in [0, 0.05) is 77.9 Å². The predicted molar refractivity (Wildman–Crippen MR) is 587 cm³/mol. The maximum absolute atomic E-state index is 10.3. The zero-order valence-electron chi connectivity index (χ0n) is 94.5. The first-order chi connectivity index (χ1) is 74.5. The van der Waals surface area contributed by atoms with Gasteiger partial charge in [-0.05, 0) is 234 Å². The molecule has 2 aromatic heterocycles. The van der Waals surface area contributed by atoms with Gasteiger partial charge in [0.1, 0.15) is 0 Å². The number of para-hydroxylation sites is 5. The lowest BCUT2D eigenvalue weighted by Crippen LogP contribution is -2.61. The Balaban J connectivity index is 0.882. The summed E-state index contributed by atoms with van der Waals surface area (Å²) >= 11 is 0. The van der Waals surface area contributed by atoms with Gasteiger partial charge in [0.15, 0.2) is 0 Å². The molecule has 0 saturated carbocycles. The van der Waals surface area contributed by atoms with Crippen LogP contribution in [0.5, 0.6) is 0 Å². The minimum Gasteiger partial charge on any atom is -0.310 e. The smallest absolute Gasteiger partial charge is 0.252 e. The van der Waals surface area contributed by atoms with E-state index in [2.05, 4.69) is 400 Å². The van der Waals surface area contributed by atoms with Crippen molar-refractivity contribution in [3.63, 3.8) is 0 Å². The minimum absolute atomic E-state index is 0.0674. The van der Waals surface area contributed by atoms with E-state index in [-0.39, 0.29) is 49.3 Å². The van der Waals surface area contributed by atoms with Crippen LogP contribution >= 0.6 is 0 Å². The molecular formula is C134H103BN4. The van der Waals surface area contributed by atoms with Crippen LogP contribution in [0.3, 0.4) is 0 Å². The van der Waals surface area contributed by atoms with Crippen LogP contribution in [0.4, 0.5) is 34.1 Å². The van der Waals surface area contributed by atoms with Gasteiger partial charge in [-0.15, -0.1) is 0 Å². The van der Waals surface area contributed by atoms with Crippen LogP contribution < -0.4 is 26.2 Å². The molecule has 0 unspecified atom stereocenters. The van der Waals surface area contributed by atoms with Crippen LogP contribution in [-0.4, -0.2) is 15.8 Å². The van der Waals surface area contributed by atoms with Crippen molar-refractivity contribution in [2.24, 2.45) is 0 Å². The third-order valence-corrected chi connectivity index (χ3v) is 29.8. The SMILES string of the molecule is [2H]c1c([2H])c([2H])c2c(c1[2H])c1c([2H])c([2H])c([2H])c([2H])c1n2-c1ccc2c(c1)N(c1c(-c3ccc4c(c3)-c3ccccc3C4(c3ccccc3)c3ccccc3)cccc1-c1ccc3c(c1)-c1ccccc1C3(c1ccccc1)c1ccccc1)c1cc(-c3cc(C(C)(C)C)cc(C(C)(C)C)c3)cc3c1B2c1ccc(-n2c4c([2H])c([2H])c([2H])c([2H])c4c4c([2H])c([2H])c([2H])c([2H])c42)cc1N3c1c(-c2ccccc2)cc(C(C)(C)C)cc1-c1ccccc1. The molecule has 139 heavy (non-hydrogen) atoms. The molecule has 0 atom stereocenters. The molecule has 26 rings (SSSR count). The number of hydrogen-bond donors (Lipinski definition) is 0. The van der Waals surface area contributed by atoms with Gasteiger partial charge in [-0.3, -0.25) is 0 Å². The number of rotatable bonds is 13. The number of fused-ring (bicyclic) bond motifs is 16. The third kappa shape index (κ3) is 12.7. The van der Waals surface area contributed by atoms with Gasteiger partial charge >= 0.3 is 0 Å². The summed E-state index contributed by atoms with van der Waals surface area (Å²) in [5.74, 6) is 0. The van der Waals surface area contributed by atoms with Gasteiger partial charge in [-0.1, -0.05) is 438 Å². The lowest BCUT2D eigenvalue weighted by molar-refractivity contribution is 0.569. The third-order valence-electron chi connectivity index (χ3n) is 29.8. The molecule has 662 valence electrons. The molecule has 0 radical (unpaired) electrons. The maximum atomic E-state index is 10.3. The molecular weight excluding hydrogens is 1680 g/mol. The lowest BCUT2D eigenvalue weighted by Gasteiger charge is -2.46. The lowest BCUT2D eigenvalue weighted by atomic mass is 9.33. The average molecular weight is 1800 g/mol. The Morgan fingerprint density at radius 1 is 0.230 bits per heavy atom. The van der Waals surface area contributed by atoms with Gasteiger partial charge < -0.3 is 18.9 Å². The molecule has 2 aliphatic heterocycles. The fourth-order valence-electron chi connectivity index (χ4n) is 23.4. The zero-order valence-corrected chi connectivity index (χ0v) is 78.5. The van der Waals surface area contributed by atoms with E-state index in [1.807, 2.05) is 36.4 Å². The Hall–Kier alpha value is -16.3. The number of nitrogens with zero attached hydrogens (tertiary/aromatic N) is 4. The van der Waals surface area contributed by atoms with Crippen LogP contribution in [0.2, 0.25) is 0 Å². The normalized spacial score (nSPS) is 15.3. The Labute approximate surface area is 837 Å². The number of benzene rings is 20. The molecule has 5 heteroatoms. The van der Waals surface area contributed by atoms with E-state index in [1.54, 1.807) is 9.13 Å². The quantitative estimate of drug-likeness (QED) is 0.107. The minimum atomic E-state index is -0.896. The first-order valence-electron chi connectivity index (χ1n) is 55.9. The highest BCUT2D eigenvalue weighted by Crippen LogP contribution is 2.62. The van der Waals surface area contributed by atoms with Crippen molar-refractivity contribution in [3.05, 3.63) is 522 Å². The molecule has 2 aliphatic carbocycles. The van der Waals surface area contributed by atoms with Crippen LogP contribution in [0.1, 0.15) is 145 Å². The predicted octanol–water partition coefficient (Wildman–Crippen LogP) is 32.9. The van der Waals surface area contributed by atoms with Crippen molar-refractivity contribution < 1.29 is 21.9 Å². The van der Waals surface area contributed by atoms with E-state index in [4.69, 9.17) is 0 Å². The van der Waals surface area contributed by atoms with Crippen molar-refractivity contribution >= 4 is 101 Å². The van der Waals surface area contributed by atoms with E-state index < -0.39 is 130 Å². The largest absolute Gasteiger partial charge is 0.310 e. The molecule has 0 amide bonds. The summed E-state index contributed by atoms with van der Waals surface area (Å²) in [6.45, 7) is 19.2. The topological polar surface area (TPSA) is 16.3 Å². The highest BCUT2D eigenvalue weighted by molar-refractivity contribution is 7.00. The molecule has 0 spiro atoms. The first kappa shape index (κ1) is 67.8. The molecule has 4 nitrogen and oxygen atoms in total. The molecule has 0 saturated heterocycles. The molecule has 0 bridgehead atoms. The van der Waals surface area contributed by atoms with Crippen LogP contribution in [0.15, 0.2) is 461 Å². The highest BCUT2D eigenvalue weighted by atomic mass is 15.2. The second-order valence-corrected chi connectivity index (χ2v) is 40.6. The molecule has 4 aliphatic rings. The van der Waals surface area contributed by atoms with Crippen molar-refractivity contribution in [3.8, 4) is 89.3 Å². The van der Waals surface area contributed by atoms with Gasteiger partial charge in [0.25, 0.3) is 6.71 Å². The highest BCUT2D eigenvalue weighted by Gasteiger charge is 2.51. The van der Waals surface area contributed by atoms with Gasteiger partial charge in [0.2, 0.25) is 0 Å². The van der Waals surface area contributed by atoms with Crippen LogP contribution in [0.25, 0.3) is 133 Å². The fourth-order valence-corrected chi connectivity index (χ4v) is 23.4. The van der Waals surface area contributed by atoms with E-state index in [1.165, 1.54) is 0 Å². The van der Waals surface area contributed by atoms with Crippen molar-refractivity contribution in [1.29, 1.82) is 0 Å². The number of aromatic nitrogens is 2. The van der Waals surface area contributed by atoms with E-state index >= 15 is 0 Å². The number of anilines is 6. The van der Waals surface area contributed by atoms with E-state index in [9.17, 15) is 21.9 Å². The van der Waals surface area contributed by atoms with Gasteiger partial charge in [-0.25, -0.2) is 0 Å². The van der Waals surface area contributed by atoms with Crippen molar-refractivity contribution in [1.82, 2.24) is 9.13 Å². The number of hydrogen-bond acceptors (Lipinski definition) is 2. The molecule has 20 aromatic carbocycles. The molecule has 4 heterocycles. The summed E-state index contributed by atoms with van der Waals surface area (Å²) in [5, 5.41) is -0.366. The van der Waals surface area contributed by atoms with Gasteiger partial charge in [-0.2, -0.15) is 0 Å². The Morgan fingerprint density at radius 2 is 0.540 bits per heavy atom. The van der Waals surface area contributed by atoms with Crippen molar-refractivity contribution in [2.45, 2.75) is 89.4 Å². The average Bonchev–Trinajstić information content (AvgIpc) is 1.44. The Kier molecular flexibility index (Phi) is 15.4. The summed E-state index contributed by atoms with van der Waals surface area (Å²) in [4.78, 5) is 4.81. The maximum Gasteiger partial charge on any atom is 0.252 e. The first-order valence-corrected chi connectivity index (χ1v) is 47.9. The summed E-state index contributed by atoms with van der Waals surface area (Å²) < 4.78 is 160. The fraction of sp³-hybridized carbons (Fsp3) is 0.104. The van der Waals surface area contributed by atoms with Crippen LogP contribution in [0, 0.1) is 0 Å². The van der Waals surface area contributed by atoms with E-state index in [0.717, 1.165) is 150 Å². The summed E-state index contributed by atoms with van der Waals surface area (Å²) in [6, 6.07) is 122. The Morgan fingerprint density at radius 3 is 0.906 bits per heavy atom. The second kappa shape index (κ2) is 31.6.